The van der Waals surface area contributed by atoms with Crippen LogP contribution >= 0.6 is 0 Å². The average Bonchev–Trinajstić information content (AvgIpc) is 3.96. The van der Waals surface area contributed by atoms with E-state index >= 15 is 0 Å². The Morgan fingerprint density at radius 3 is 1.81 bits per heavy atom. The lowest BCUT2D eigenvalue weighted by Crippen LogP contribution is -2.11. The smallest absolute Gasteiger partial charge is 0.213 e. The van der Waals surface area contributed by atoms with Gasteiger partial charge in [-0.15, -0.1) is 0 Å². The SMILES string of the molecule is c1ccc(-c2ccc(N(c3ccc(-c4ccc5c(c4)c4c6ccccc6oc4n5-c4ccccc4)cc3)c3cccc4c3oc3ccccc34)c3ccccc23)cc1. The van der Waals surface area contributed by atoms with Crippen molar-refractivity contribution < 1.29 is 8.83 Å². The van der Waals surface area contributed by atoms with E-state index in [1.165, 1.54) is 16.5 Å². The molecule has 3 heterocycles. The molecular formula is C54H34N2O2. The molecule has 4 nitrogen and oxygen atoms in total. The predicted molar refractivity (Wildman–Crippen MR) is 241 cm³/mol. The molecule has 0 fully saturated rings. The standard InChI is InChI=1S/C54H34N2O2/c1-3-14-36(15-4-1)40-31-33-47(42-19-8-7-18-41(40)42)55(49-23-13-22-44-43-20-9-11-24-50(43)57-53(44)49)39-29-26-35(27-30-39)37-28-32-48-46(34-37)52-45-21-10-12-25-51(45)58-54(52)56(48)38-16-5-2-6-17-38/h1-34H. The van der Waals surface area contributed by atoms with Crippen LogP contribution in [0.2, 0.25) is 0 Å². The number of hydrogen-bond donors (Lipinski definition) is 0. The van der Waals surface area contributed by atoms with Crippen LogP contribution in [0.3, 0.4) is 0 Å². The van der Waals surface area contributed by atoms with Gasteiger partial charge in [0.05, 0.1) is 22.3 Å². The number of aromatic nitrogens is 1. The Kier molecular flexibility index (Phi) is 7.20. The molecule has 0 unspecified atom stereocenters. The lowest BCUT2D eigenvalue weighted by Gasteiger charge is -2.27. The number of fused-ring (bicyclic) bond motifs is 9. The first-order chi connectivity index (χ1) is 28.8. The molecule has 0 N–H and O–H groups in total. The van der Waals surface area contributed by atoms with E-state index < -0.39 is 0 Å². The highest BCUT2D eigenvalue weighted by molar-refractivity contribution is 6.20. The monoisotopic (exact) mass is 742 g/mol. The van der Waals surface area contributed by atoms with Crippen LogP contribution < -0.4 is 4.90 Å². The minimum Gasteiger partial charge on any atom is -0.454 e. The van der Waals surface area contributed by atoms with Crippen molar-refractivity contribution in [1.29, 1.82) is 0 Å². The van der Waals surface area contributed by atoms with E-state index in [4.69, 9.17) is 8.83 Å². The van der Waals surface area contributed by atoms with E-state index in [0.717, 1.165) is 94.2 Å². The van der Waals surface area contributed by atoms with Crippen LogP contribution in [0.1, 0.15) is 0 Å². The molecule has 0 atom stereocenters. The highest BCUT2D eigenvalue weighted by Gasteiger charge is 2.23. The van der Waals surface area contributed by atoms with Gasteiger partial charge in [-0.1, -0.05) is 146 Å². The van der Waals surface area contributed by atoms with Crippen molar-refractivity contribution >= 4 is 82.7 Å². The van der Waals surface area contributed by atoms with Crippen LogP contribution in [0.25, 0.3) is 93.6 Å². The van der Waals surface area contributed by atoms with Gasteiger partial charge >= 0.3 is 0 Å². The summed E-state index contributed by atoms with van der Waals surface area (Å²) in [5, 5.41) is 7.95. The van der Waals surface area contributed by atoms with Gasteiger partial charge in [0.25, 0.3) is 0 Å². The van der Waals surface area contributed by atoms with Gasteiger partial charge in [0.2, 0.25) is 5.71 Å². The summed E-state index contributed by atoms with van der Waals surface area (Å²) >= 11 is 0. The van der Waals surface area contributed by atoms with E-state index in [0.29, 0.717) is 0 Å². The van der Waals surface area contributed by atoms with Crippen molar-refractivity contribution in [2.75, 3.05) is 4.90 Å². The third-order valence-corrected chi connectivity index (χ3v) is 11.6. The maximum atomic E-state index is 6.69. The van der Waals surface area contributed by atoms with E-state index in [1.807, 2.05) is 24.3 Å². The highest BCUT2D eigenvalue weighted by Crippen LogP contribution is 2.46. The molecule has 272 valence electrons. The van der Waals surface area contributed by atoms with Crippen LogP contribution in [0, 0.1) is 0 Å². The lowest BCUT2D eigenvalue weighted by atomic mass is 9.96. The topological polar surface area (TPSA) is 34.5 Å². The summed E-state index contributed by atoms with van der Waals surface area (Å²) in [6, 6.07) is 73.1. The number of hydrogen-bond acceptors (Lipinski definition) is 3. The summed E-state index contributed by atoms with van der Waals surface area (Å²) in [7, 11) is 0. The van der Waals surface area contributed by atoms with Gasteiger partial charge in [0.15, 0.2) is 5.58 Å². The van der Waals surface area contributed by atoms with Crippen LogP contribution in [0.5, 0.6) is 0 Å². The minimum atomic E-state index is 0.855. The summed E-state index contributed by atoms with van der Waals surface area (Å²) in [5.74, 6) is 0. The summed E-state index contributed by atoms with van der Waals surface area (Å²) in [4.78, 5) is 2.36. The van der Waals surface area contributed by atoms with Gasteiger partial charge in [-0.25, -0.2) is 0 Å². The Morgan fingerprint density at radius 2 is 1.02 bits per heavy atom. The third kappa shape index (κ3) is 4.95. The maximum absolute atomic E-state index is 6.69. The number of nitrogens with zero attached hydrogens (tertiary/aromatic N) is 2. The Labute approximate surface area is 334 Å². The minimum absolute atomic E-state index is 0.855. The van der Waals surface area contributed by atoms with Crippen molar-refractivity contribution in [1.82, 2.24) is 4.57 Å². The van der Waals surface area contributed by atoms with Gasteiger partial charge in [-0.3, -0.25) is 4.57 Å². The van der Waals surface area contributed by atoms with Crippen molar-refractivity contribution in [3.8, 4) is 27.9 Å². The van der Waals surface area contributed by atoms with E-state index in [9.17, 15) is 0 Å². The van der Waals surface area contributed by atoms with Gasteiger partial charge in [-0.2, -0.15) is 0 Å². The molecule has 0 radical (unpaired) electrons. The second-order valence-corrected chi connectivity index (χ2v) is 14.9. The Balaban J connectivity index is 1.04. The van der Waals surface area contributed by atoms with Crippen molar-refractivity contribution in [3.05, 3.63) is 206 Å². The quantitative estimate of drug-likeness (QED) is 0.170. The Morgan fingerprint density at radius 1 is 0.379 bits per heavy atom. The molecule has 0 aliphatic heterocycles. The number of para-hydroxylation sites is 4. The van der Waals surface area contributed by atoms with Gasteiger partial charge in [0.1, 0.15) is 11.2 Å². The van der Waals surface area contributed by atoms with E-state index in [2.05, 4.69) is 191 Å². The molecule has 3 aromatic heterocycles. The fourth-order valence-electron chi connectivity index (χ4n) is 8.97. The van der Waals surface area contributed by atoms with Crippen molar-refractivity contribution in [2.24, 2.45) is 0 Å². The molecule has 0 bridgehead atoms. The molecular weight excluding hydrogens is 709 g/mol. The normalized spacial score (nSPS) is 11.8. The zero-order chi connectivity index (χ0) is 38.2. The molecule has 0 saturated carbocycles. The zero-order valence-corrected chi connectivity index (χ0v) is 31.3. The molecule has 12 rings (SSSR count). The summed E-state index contributed by atoms with van der Waals surface area (Å²) < 4.78 is 15.5. The first-order valence-electron chi connectivity index (χ1n) is 19.7. The van der Waals surface area contributed by atoms with E-state index in [1.54, 1.807) is 0 Å². The third-order valence-electron chi connectivity index (χ3n) is 11.6. The fourth-order valence-corrected chi connectivity index (χ4v) is 8.97. The van der Waals surface area contributed by atoms with Crippen LogP contribution in [0.15, 0.2) is 215 Å². The second-order valence-electron chi connectivity index (χ2n) is 14.9. The molecule has 9 aromatic carbocycles. The number of benzene rings is 9. The number of anilines is 3. The van der Waals surface area contributed by atoms with Crippen LogP contribution in [-0.4, -0.2) is 4.57 Å². The van der Waals surface area contributed by atoms with Gasteiger partial charge in [-0.05, 0) is 88.3 Å². The van der Waals surface area contributed by atoms with Crippen molar-refractivity contribution in [2.45, 2.75) is 0 Å². The molecule has 0 aliphatic rings. The summed E-state index contributed by atoms with van der Waals surface area (Å²) in [6.07, 6.45) is 0. The molecule has 0 spiro atoms. The van der Waals surface area contributed by atoms with Crippen molar-refractivity contribution in [3.63, 3.8) is 0 Å². The largest absolute Gasteiger partial charge is 0.454 e. The van der Waals surface area contributed by atoms with Gasteiger partial charge < -0.3 is 13.7 Å². The number of furan rings is 2. The molecule has 4 heteroatoms. The fraction of sp³-hybridized carbons (Fsp3) is 0. The van der Waals surface area contributed by atoms with Crippen LogP contribution in [-0.2, 0) is 0 Å². The van der Waals surface area contributed by atoms with Crippen LogP contribution in [0.4, 0.5) is 17.1 Å². The Hall–Kier alpha value is -7.82. The molecule has 58 heavy (non-hydrogen) atoms. The first kappa shape index (κ1) is 32.4. The number of rotatable bonds is 6. The lowest BCUT2D eigenvalue weighted by molar-refractivity contribution is 0.645. The molecule has 0 saturated heterocycles. The second kappa shape index (κ2) is 12.9. The van der Waals surface area contributed by atoms with Gasteiger partial charge in [0, 0.05) is 38.3 Å². The van der Waals surface area contributed by atoms with E-state index in [-0.39, 0.29) is 0 Å². The highest BCUT2D eigenvalue weighted by atomic mass is 16.3. The Bertz CT molecular complexity index is 3500. The summed E-state index contributed by atoms with van der Waals surface area (Å²) in [5.41, 5.74) is 13.4. The first-order valence-corrected chi connectivity index (χ1v) is 19.7. The molecule has 0 aliphatic carbocycles. The summed E-state index contributed by atoms with van der Waals surface area (Å²) in [6.45, 7) is 0. The molecule has 12 aromatic rings. The average molecular weight is 743 g/mol. The maximum Gasteiger partial charge on any atom is 0.213 e. The zero-order valence-electron chi connectivity index (χ0n) is 31.3. The predicted octanol–water partition coefficient (Wildman–Crippen LogP) is 15.4. The molecule has 0 amide bonds.